The molecule has 0 atom stereocenters. The highest BCUT2D eigenvalue weighted by Gasteiger charge is 2.14. The predicted octanol–water partition coefficient (Wildman–Crippen LogP) is 3.87. The lowest BCUT2D eigenvalue weighted by atomic mass is 10.0. The van der Waals surface area contributed by atoms with Crippen molar-refractivity contribution in [1.29, 1.82) is 0 Å². The molecule has 0 saturated heterocycles. The van der Waals surface area contributed by atoms with Gasteiger partial charge in [0.05, 0.1) is 19.3 Å². The van der Waals surface area contributed by atoms with Crippen LogP contribution in [0.4, 0.5) is 0 Å². The van der Waals surface area contributed by atoms with Gasteiger partial charge in [-0.3, -0.25) is 0 Å². The van der Waals surface area contributed by atoms with Crippen molar-refractivity contribution in [3.05, 3.63) is 30.0 Å². The minimum Gasteiger partial charge on any atom is -0.496 e. The fourth-order valence-electron chi connectivity index (χ4n) is 1.84. The standard InChI is InChI=1S/C15H19NO3/c1-5-18-14-9-16-15(19-14)12-8-11(10(2)3)6-7-13(12)17-4/h6-10H,5H2,1-4H3. The largest absolute Gasteiger partial charge is 0.496 e. The van der Waals surface area contributed by atoms with Crippen LogP contribution in [-0.4, -0.2) is 18.7 Å². The van der Waals surface area contributed by atoms with Crippen molar-refractivity contribution >= 4 is 0 Å². The van der Waals surface area contributed by atoms with Gasteiger partial charge in [-0.25, -0.2) is 4.98 Å². The fraction of sp³-hybridized carbons (Fsp3) is 0.400. The molecule has 19 heavy (non-hydrogen) atoms. The van der Waals surface area contributed by atoms with Crippen LogP contribution in [0.15, 0.2) is 28.8 Å². The van der Waals surface area contributed by atoms with Crippen LogP contribution in [0.3, 0.4) is 0 Å². The van der Waals surface area contributed by atoms with Gasteiger partial charge in [0.2, 0.25) is 5.89 Å². The average molecular weight is 261 g/mol. The molecule has 0 N–H and O–H groups in total. The smallest absolute Gasteiger partial charge is 0.305 e. The van der Waals surface area contributed by atoms with Gasteiger partial charge in [-0.2, -0.15) is 0 Å². The number of benzene rings is 1. The van der Waals surface area contributed by atoms with E-state index in [0.717, 1.165) is 11.3 Å². The van der Waals surface area contributed by atoms with Gasteiger partial charge < -0.3 is 13.9 Å². The quantitative estimate of drug-likeness (QED) is 0.819. The van der Waals surface area contributed by atoms with Crippen molar-refractivity contribution in [2.24, 2.45) is 0 Å². The fourth-order valence-corrected chi connectivity index (χ4v) is 1.84. The Morgan fingerprint density at radius 1 is 1.32 bits per heavy atom. The summed E-state index contributed by atoms with van der Waals surface area (Å²) in [5, 5.41) is 0. The van der Waals surface area contributed by atoms with E-state index in [0.29, 0.717) is 24.4 Å². The van der Waals surface area contributed by atoms with E-state index in [1.54, 1.807) is 13.3 Å². The number of ether oxygens (including phenoxy) is 2. The van der Waals surface area contributed by atoms with Gasteiger partial charge in [-0.05, 0) is 30.5 Å². The molecule has 102 valence electrons. The number of rotatable bonds is 5. The summed E-state index contributed by atoms with van der Waals surface area (Å²) in [6, 6.07) is 6.04. The zero-order valence-corrected chi connectivity index (χ0v) is 11.8. The Bertz CT molecular complexity index is 546. The average Bonchev–Trinajstić information content (AvgIpc) is 2.87. The third kappa shape index (κ3) is 2.89. The van der Waals surface area contributed by atoms with E-state index in [9.17, 15) is 0 Å². The maximum atomic E-state index is 5.57. The summed E-state index contributed by atoms with van der Waals surface area (Å²) in [5.74, 6) is 2.12. The summed E-state index contributed by atoms with van der Waals surface area (Å²) in [5.41, 5.74) is 2.06. The van der Waals surface area contributed by atoms with Gasteiger partial charge in [0.1, 0.15) is 11.9 Å². The first-order valence-electron chi connectivity index (χ1n) is 6.42. The van der Waals surface area contributed by atoms with Crippen LogP contribution >= 0.6 is 0 Å². The number of hydrogen-bond donors (Lipinski definition) is 0. The van der Waals surface area contributed by atoms with Gasteiger partial charge in [0.15, 0.2) is 0 Å². The van der Waals surface area contributed by atoms with Crippen molar-refractivity contribution in [3.8, 4) is 23.1 Å². The molecule has 0 fully saturated rings. The second-order valence-corrected chi connectivity index (χ2v) is 4.53. The zero-order chi connectivity index (χ0) is 13.8. The molecule has 4 nitrogen and oxygen atoms in total. The van der Waals surface area contributed by atoms with Crippen molar-refractivity contribution in [2.75, 3.05) is 13.7 Å². The minimum absolute atomic E-state index is 0.425. The van der Waals surface area contributed by atoms with Crippen LogP contribution in [0, 0.1) is 0 Å². The number of hydrogen-bond acceptors (Lipinski definition) is 4. The molecule has 0 aliphatic rings. The van der Waals surface area contributed by atoms with Crippen LogP contribution in [0.5, 0.6) is 11.7 Å². The molecular formula is C15H19NO3. The first-order chi connectivity index (χ1) is 9.15. The van der Waals surface area contributed by atoms with E-state index in [2.05, 4.69) is 24.9 Å². The zero-order valence-electron chi connectivity index (χ0n) is 11.8. The van der Waals surface area contributed by atoms with Crippen LogP contribution in [0.2, 0.25) is 0 Å². The Hall–Kier alpha value is -1.97. The molecule has 2 rings (SSSR count). The highest BCUT2D eigenvalue weighted by Crippen LogP contribution is 2.33. The number of aromatic nitrogens is 1. The Kier molecular flexibility index (Phi) is 4.10. The summed E-state index contributed by atoms with van der Waals surface area (Å²) in [4.78, 5) is 4.24. The molecule has 0 aliphatic carbocycles. The monoisotopic (exact) mass is 261 g/mol. The van der Waals surface area contributed by atoms with E-state index in [1.807, 2.05) is 19.1 Å². The van der Waals surface area contributed by atoms with Crippen LogP contribution in [0.1, 0.15) is 32.3 Å². The maximum Gasteiger partial charge on any atom is 0.305 e. The van der Waals surface area contributed by atoms with Crippen LogP contribution in [0.25, 0.3) is 11.5 Å². The van der Waals surface area contributed by atoms with E-state index in [4.69, 9.17) is 13.9 Å². The Morgan fingerprint density at radius 2 is 2.11 bits per heavy atom. The molecule has 0 aliphatic heterocycles. The van der Waals surface area contributed by atoms with Gasteiger partial charge in [-0.15, -0.1) is 0 Å². The van der Waals surface area contributed by atoms with Crippen molar-refractivity contribution in [1.82, 2.24) is 4.98 Å². The topological polar surface area (TPSA) is 44.5 Å². The first kappa shape index (κ1) is 13.5. The van der Waals surface area contributed by atoms with Gasteiger partial charge in [0.25, 0.3) is 0 Å². The van der Waals surface area contributed by atoms with E-state index in [1.165, 1.54) is 5.56 Å². The van der Waals surface area contributed by atoms with Gasteiger partial charge in [0, 0.05) is 0 Å². The van der Waals surface area contributed by atoms with E-state index < -0.39 is 0 Å². The van der Waals surface area contributed by atoms with Gasteiger partial charge in [-0.1, -0.05) is 19.9 Å². The second-order valence-electron chi connectivity index (χ2n) is 4.53. The summed E-state index contributed by atoms with van der Waals surface area (Å²) in [6.45, 7) is 6.75. The Morgan fingerprint density at radius 3 is 2.74 bits per heavy atom. The van der Waals surface area contributed by atoms with Crippen molar-refractivity contribution in [3.63, 3.8) is 0 Å². The Labute approximate surface area is 113 Å². The molecule has 1 aromatic heterocycles. The molecule has 0 spiro atoms. The lowest BCUT2D eigenvalue weighted by molar-refractivity contribution is 0.260. The summed E-state index contributed by atoms with van der Waals surface area (Å²) < 4.78 is 16.2. The SMILES string of the molecule is CCOc1cnc(-c2cc(C(C)C)ccc2OC)o1. The first-order valence-corrected chi connectivity index (χ1v) is 6.42. The lowest BCUT2D eigenvalue weighted by Crippen LogP contribution is -1.93. The number of nitrogens with zero attached hydrogens (tertiary/aromatic N) is 1. The van der Waals surface area contributed by atoms with Crippen molar-refractivity contribution in [2.45, 2.75) is 26.7 Å². The Balaban J connectivity index is 2.42. The molecule has 0 radical (unpaired) electrons. The highest BCUT2D eigenvalue weighted by molar-refractivity contribution is 5.64. The molecule has 0 amide bonds. The maximum absolute atomic E-state index is 5.57. The molecular weight excluding hydrogens is 242 g/mol. The van der Waals surface area contributed by atoms with Crippen LogP contribution < -0.4 is 9.47 Å². The third-order valence-corrected chi connectivity index (χ3v) is 2.89. The van der Waals surface area contributed by atoms with E-state index >= 15 is 0 Å². The molecule has 0 saturated carbocycles. The summed E-state index contributed by atoms with van der Waals surface area (Å²) in [7, 11) is 1.64. The predicted molar refractivity (Wildman–Crippen MR) is 73.7 cm³/mol. The second kappa shape index (κ2) is 5.78. The third-order valence-electron chi connectivity index (χ3n) is 2.89. The molecule has 0 bridgehead atoms. The normalized spacial score (nSPS) is 10.8. The molecule has 4 heteroatoms. The van der Waals surface area contributed by atoms with Crippen LogP contribution in [-0.2, 0) is 0 Å². The van der Waals surface area contributed by atoms with E-state index in [-0.39, 0.29) is 0 Å². The molecule has 2 aromatic rings. The summed E-state index contributed by atoms with van der Waals surface area (Å²) >= 11 is 0. The minimum atomic E-state index is 0.425. The number of oxazole rings is 1. The van der Waals surface area contributed by atoms with Crippen molar-refractivity contribution < 1.29 is 13.9 Å². The molecule has 1 aromatic carbocycles. The summed E-state index contributed by atoms with van der Waals surface area (Å²) in [6.07, 6.45) is 1.58. The van der Waals surface area contributed by atoms with Gasteiger partial charge >= 0.3 is 5.95 Å². The lowest BCUT2D eigenvalue weighted by Gasteiger charge is -2.10. The number of methoxy groups -OCH3 is 1. The highest BCUT2D eigenvalue weighted by atomic mass is 16.6. The molecule has 1 heterocycles. The molecule has 0 unspecified atom stereocenters.